The lowest BCUT2D eigenvalue weighted by Gasteiger charge is -2.08. The lowest BCUT2D eigenvalue weighted by Crippen LogP contribution is -2.22. The fraction of sp³-hybridized carbons (Fsp3) is 0.462. The van der Waals surface area contributed by atoms with Gasteiger partial charge in [-0.1, -0.05) is 11.6 Å². The van der Waals surface area contributed by atoms with Crippen molar-refractivity contribution in [3.05, 3.63) is 29.8 Å². The van der Waals surface area contributed by atoms with Crippen molar-refractivity contribution in [2.45, 2.75) is 38.1 Å². The van der Waals surface area contributed by atoms with Gasteiger partial charge in [0, 0.05) is 12.2 Å². The number of nitrogens with zero attached hydrogens (tertiary/aromatic N) is 3. The van der Waals surface area contributed by atoms with Crippen molar-refractivity contribution < 1.29 is 4.52 Å². The zero-order chi connectivity index (χ0) is 12.5. The van der Waals surface area contributed by atoms with E-state index < -0.39 is 0 Å². The Morgan fingerprint density at radius 3 is 3.00 bits per heavy atom. The Labute approximate surface area is 105 Å². The smallest absolute Gasteiger partial charge is 0.231 e. The highest BCUT2D eigenvalue weighted by Crippen LogP contribution is 2.33. The van der Waals surface area contributed by atoms with E-state index in [1.54, 1.807) is 6.20 Å². The molecule has 0 saturated heterocycles. The number of hydrogen-bond donors (Lipinski definition) is 1. The van der Waals surface area contributed by atoms with Crippen molar-refractivity contribution in [2.24, 2.45) is 5.73 Å². The van der Waals surface area contributed by atoms with Crippen LogP contribution in [-0.4, -0.2) is 21.2 Å². The fourth-order valence-electron chi connectivity index (χ4n) is 2.44. The van der Waals surface area contributed by atoms with Gasteiger partial charge in [0.05, 0.1) is 5.92 Å². The maximum absolute atomic E-state index is 6.04. The molecule has 5 nitrogen and oxygen atoms in total. The Morgan fingerprint density at radius 1 is 1.39 bits per heavy atom. The molecule has 18 heavy (non-hydrogen) atoms. The first kappa shape index (κ1) is 11.3. The van der Waals surface area contributed by atoms with Crippen molar-refractivity contribution in [3.8, 4) is 11.5 Å². The first-order valence-electron chi connectivity index (χ1n) is 6.26. The van der Waals surface area contributed by atoms with Crippen LogP contribution in [0.1, 0.15) is 36.6 Å². The van der Waals surface area contributed by atoms with E-state index in [1.165, 1.54) is 0 Å². The number of rotatable bonds is 2. The van der Waals surface area contributed by atoms with Gasteiger partial charge in [0.25, 0.3) is 0 Å². The standard InChI is InChI=1S/C13H16N4O/c1-8-5-6-15-11(7-8)12-16-13(18-17-12)9-3-2-4-10(9)14/h5-7,9-10H,2-4,14H2,1H3. The van der Waals surface area contributed by atoms with Crippen LogP contribution in [0.4, 0.5) is 0 Å². The second kappa shape index (κ2) is 4.49. The first-order chi connectivity index (χ1) is 8.74. The Morgan fingerprint density at radius 2 is 2.28 bits per heavy atom. The van der Waals surface area contributed by atoms with Crippen molar-refractivity contribution in [1.29, 1.82) is 0 Å². The van der Waals surface area contributed by atoms with Crippen molar-refractivity contribution in [1.82, 2.24) is 15.1 Å². The molecule has 94 valence electrons. The molecule has 0 spiro atoms. The molecule has 1 fully saturated rings. The summed E-state index contributed by atoms with van der Waals surface area (Å²) in [5.41, 5.74) is 7.92. The summed E-state index contributed by atoms with van der Waals surface area (Å²) < 4.78 is 5.33. The summed E-state index contributed by atoms with van der Waals surface area (Å²) >= 11 is 0. The molecular weight excluding hydrogens is 228 g/mol. The maximum Gasteiger partial charge on any atom is 0.231 e. The van der Waals surface area contributed by atoms with Gasteiger partial charge in [-0.3, -0.25) is 4.98 Å². The molecule has 5 heteroatoms. The van der Waals surface area contributed by atoms with Gasteiger partial charge in [0.2, 0.25) is 11.7 Å². The van der Waals surface area contributed by atoms with Crippen LogP contribution in [0.3, 0.4) is 0 Å². The molecule has 2 atom stereocenters. The predicted molar refractivity (Wildman–Crippen MR) is 66.8 cm³/mol. The van der Waals surface area contributed by atoms with Gasteiger partial charge in [0.15, 0.2) is 0 Å². The second-order valence-electron chi connectivity index (χ2n) is 4.88. The van der Waals surface area contributed by atoms with E-state index in [4.69, 9.17) is 10.3 Å². The van der Waals surface area contributed by atoms with E-state index in [0.29, 0.717) is 11.7 Å². The lowest BCUT2D eigenvalue weighted by molar-refractivity contribution is 0.345. The van der Waals surface area contributed by atoms with E-state index in [9.17, 15) is 0 Å². The van der Waals surface area contributed by atoms with Gasteiger partial charge in [-0.05, 0) is 37.5 Å². The molecule has 0 aliphatic heterocycles. The minimum Gasteiger partial charge on any atom is -0.339 e. The van der Waals surface area contributed by atoms with Crippen LogP contribution in [0.15, 0.2) is 22.9 Å². The number of pyridine rings is 1. The predicted octanol–water partition coefficient (Wildman–Crippen LogP) is 2.03. The summed E-state index contributed by atoms with van der Waals surface area (Å²) in [5.74, 6) is 1.40. The van der Waals surface area contributed by atoms with Crippen LogP contribution in [-0.2, 0) is 0 Å². The molecule has 2 N–H and O–H groups in total. The highest BCUT2D eigenvalue weighted by Gasteiger charge is 2.30. The Bertz CT molecular complexity index is 551. The van der Waals surface area contributed by atoms with E-state index in [-0.39, 0.29) is 12.0 Å². The SMILES string of the molecule is Cc1ccnc(-c2noc(C3CCCC3N)n2)c1. The molecule has 0 aromatic carbocycles. The highest BCUT2D eigenvalue weighted by molar-refractivity contribution is 5.49. The van der Waals surface area contributed by atoms with E-state index in [0.717, 1.165) is 30.5 Å². The normalized spacial score (nSPS) is 23.4. The Hall–Kier alpha value is -1.75. The highest BCUT2D eigenvalue weighted by atomic mass is 16.5. The van der Waals surface area contributed by atoms with E-state index >= 15 is 0 Å². The van der Waals surface area contributed by atoms with Gasteiger partial charge in [-0.25, -0.2) is 0 Å². The molecule has 1 aliphatic rings. The monoisotopic (exact) mass is 244 g/mol. The largest absolute Gasteiger partial charge is 0.339 e. The average Bonchev–Trinajstić information content (AvgIpc) is 2.97. The van der Waals surface area contributed by atoms with Gasteiger partial charge in [0.1, 0.15) is 5.69 Å². The molecule has 1 saturated carbocycles. The maximum atomic E-state index is 6.04. The third-order valence-corrected chi connectivity index (χ3v) is 3.47. The zero-order valence-corrected chi connectivity index (χ0v) is 10.3. The van der Waals surface area contributed by atoms with Crippen LogP contribution in [0.5, 0.6) is 0 Å². The zero-order valence-electron chi connectivity index (χ0n) is 10.3. The molecule has 2 unspecified atom stereocenters. The Kier molecular flexibility index (Phi) is 2.83. The molecule has 3 rings (SSSR count). The van der Waals surface area contributed by atoms with Crippen LogP contribution in [0, 0.1) is 6.92 Å². The van der Waals surface area contributed by atoms with Gasteiger partial charge >= 0.3 is 0 Å². The topological polar surface area (TPSA) is 77.8 Å². The molecule has 2 heterocycles. The minimum atomic E-state index is 0.142. The van der Waals surface area contributed by atoms with Crippen molar-refractivity contribution in [3.63, 3.8) is 0 Å². The van der Waals surface area contributed by atoms with Crippen LogP contribution in [0.2, 0.25) is 0 Å². The Balaban J connectivity index is 1.89. The summed E-state index contributed by atoms with van der Waals surface area (Å²) in [5, 5.41) is 4.00. The molecule has 2 aromatic heterocycles. The number of hydrogen-bond acceptors (Lipinski definition) is 5. The average molecular weight is 244 g/mol. The second-order valence-corrected chi connectivity index (χ2v) is 4.88. The lowest BCUT2D eigenvalue weighted by atomic mass is 10.1. The molecule has 2 aromatic rings. The molecular formula is C13H16N4O. The van der Waals surface area contributed by atoms with Crippen LogP contribution in [0.25, 0.3) is 11.5 Å². The van der Waals surface area contributed by atoms with Crippen LogP contribution < -0.4 is 5.73 Å². The van der Waals surface area contributed by atoms with Gasteiger partial charge in [-0.15, -0.1) is 0 Å². The van der Waals surface area contributed by atoms with E-state index in [1.807, 2.05) is 19.1 Å². The van der Waals surface area contributed by atoms with Crippen molar-refractivity contribution in [2.75, 3.05) is 0 Å². The third-order valence-electron chi connectivity index (χ3n) is 3.47. The number of aryl methyl sites for hydroxylation is 1. The van der Waals surface area contributed by atoms with Crippen molar-refractivity contribution >= 4 is 0 Å². The van der Waals surface area contributed by atoms with E-state index in [2.05, 4.69) is 15.1 Å². The molecule has 0 amide bonds. The summed E-state index contributed by atoms with van der Waals surface area (Å²) in [6.07, 6.45) is 4.95. The minimum absolute atomic E-state index is 0.142. The summed E-state index contributed by atoms with van der Waals surface area (Å²) in [6.45, 7) is 2.01. The van der Waals surface area contributed by atoms with Gasteiger partial charge in [-0.2, -0.15) is 4.98 Å². The summed E-state index contributed by atoms with van der Waals surface area (Å²) in [7, 11) is 0. The third kappa shape index (κ3) is 2.01. The van der Waals surface area contributed by atoms with Crippen LogP contribution >= 0.6 is 0 Å². The summed E-state index contributed by atoms with van der Waals surface area (Å²) in [6, 6.07) is 4.03. The number of aromatic nitrogens is 3. The fourth-order valence-corrected chi connectivity index (χ4v) is 2.44. The van der Waals surface area contributed by atoms with Gasteiger partial charge < -0.3 is 10.3 Å². The summed E-state index contributed by atoms with van der Waals surface area (Å²) in [4.78, 5) is 8.69. The first-order valence-corrected chi connectivity index (χ1v) is 6.26. The molecule has 0 radical (unpaired) electrons. The number of nitrogens with two attached hydrogens (primary N) is 1. The molecule has 0 bridgehead atoms. The quantitative estimate of drug-likeness (QED) is 0.874. The molecule has 1 aliphatic carbocycles.